The Labute approximate surface area is 265 Å². The van der Waals surface area contributed by atoms with E-state index in [1.807, 2.05) is 43.3 Å². The lowest BCUT2D eigenvalue weighted by Crippen LogP contribution is -2.54. The maximum Gasteiger partial charge on any atom is 0.411 e. The van der Waals surface area contributed by atoms with Crippen molar-refractivity contribution < 1.29 is 26.3 Å². The molecule has 0 spiro atoms. The van der Waals surface area contributed by atoms with Gasteiger partial charge < -0.3 is 9.97 Å². The third-order valence-electron chi connectivity index (χ3n) is 8.56. The number of aromatic nitrogens is 4. The standard InChI is InChI=1S/C37H26F6N4/c1-21-3-13-28(14-4-21)35(36(38,39)40,37(41,42)43)29-15-9-24(10-16-29)23-5-7-25(8-6-23)34-46-31-18-12-27(20-33(31)47-34)26-11-17-30-32(19-26)45-22(2)44-30/h3-20H,1-2H3,(H,44,45)(H,46,47). The largest absolute Gasteiger partial charge is 0.411 e. The van der Waals surface area contributed by atoms with E-state index in [4.69, 9.17) is 4.98 Å². The summed E-state index contributed by atoms with van der Waals surface area (Å²) >= 11 is 0. The van der Waals surface area contributed by atoms with Crippen molar-refractivity contribution in [2.24, 2.45) is 0 Å². The van der Waals surface area contributed by atoms with Crippen molar-refractivity contribution in [3.63, 3.8) is 0 Å². The molecule has 0 aliphatic rings. The molecule has 0 unspecified atom stereocenters. The summed E-state index contributed by atoms with van der Waals surface area (Å²) in [5.74, 6) is 1.47. The molecule has 2 N–H and O–H groups in total. The van der Waals surface area contributed by atoms with Crippen LogP contribution in [-0.2, 0) is 5.41 Å². The molecule has 4 nitrogen and oxygen atoms in total. The molecule has 10 heteroatoms. The first kappa shape index (κ1) is 30.3. The number of hydrogen-bond acceptors (Lipinski definition) is 2. The van der Waals surface area contributed by atoms with Gasteiger partial charge in [-0.3, -0.25) is 0 Å². The maximum absolute atomic E-state index is 14.5. The molecule has 0 aliphatic heterocycles. The van der Waals surface area contributed by atoms with E-state index in [9.17, 15) is 26.3 Å². The van der Waals surface area contributed by atoms with Gasteiger partial charge in [0.25, 0.3) is 0 Å². The maximum atomic E-state index is 14.5. The average molecular weight is 641 g/mol. The molecule has 7 rings (SSSR count). The number of nitrogens with zero attached hydrogens (tertiary/aromatic N) is 2. The van der Waals surface area contributed by atoms with Gasteiger partial charge in [-0.1, -0.05) is 90.5 Å². The summed E-state index contributed by atoms with van der Waals surface area (Å²) in [5.41, 5.74) is 1.94. The number of rotatable bonds is 5. The van der Waals surface area contributed by atoms with Crippen molar-refractivity contribution in [3.05, 3.63) is 132 Å². The van der Waals surface area contributed by atoms with Gasteiger partial charge >= 0.3 is 12.4 Å². The summed E-state index contributed by atoms with van der Waals surface area (Å²) in [6, 6.07) is 27.8. The quantitative estimate of drug-likeness (QED) is 0.184. The molecule has 0 fully saturated rings. The number of aromatic amines is 2. The molecule has 2 heterocycles. The Hall–Kier alpha value is -5.38. The van der Waals surface area contributed by atoms with Crippen molar-refractivity contribution in [1.82, 2.24) is 19.9 Å². The SMILES string of the molecule is Cc1ccc(C(c2ccc(-c3ccc(-c4nc5ccc(-c6ccc7nc(C)[nH]c7c6)cc5[nH]4)cc3)cc2)(C(F)(F)F)C(F)(F)F)cc1. The van der Waals surface area contributed by atoms with Crippen molar-refractivity contribution in [2.45, 2.75) is 31.6 Å². The highest BCUT2D eigenvalue weighted by Gasteiger charge is 2.72. The fourth-order valence-corrected chi connectivity index (χ4v) is 6.16. The number of nitrogens with one attached hydrogen (secondary N) is 2. The molecule has 0 radical (unpaired) electrons. The predicted octanol–water partition coefficient (Wildman–Crippen LogP) is 10.5. The van der Waals surface area contributed by atoms with Crippen LogP contribution in [0.25, 0.3) is 55.7 Å². The van der Waals surface area contributed by atoms with Crippen LogP contribution in [0.3, 0.4) is 0 Å². The smallest absolute Gasteiger partial charge is 0.342 e. The molecule has 0 bridgehead atoms. The Bertz CT molecular complexity index is 2210. The molecule has 5 aromatic carbocycles. The summed E-state index contributed by atoms with van der Waals surface area (Å²) in [6.07, 6.45) is -11.3. The van der Waals surface area contributed by atoms with Crippen LogP contribution in [0.15, 0.2) is 109 Å². The highest BCUT2D eigenvalue weighted by molar-refractivity contribution is 5.87. The van der Waals surface area contributed by atoms with Gasteiger partial charge in [0.15, 0.2) is 0 Å². The minimum Gasteiger partial charge on any atom is -0.342 e. The summed E-state index contributed by atoms with van der Waals surface area (Å²) in [4.78, 5) is 15.8. The van der Waals surface area contributed by atoms with Crippen LogP contribution < -0.4 is 0 Å². The molecule has 7 aromatic rings. The second kappa shape index (κ2) is 10.9. The highest BCUT2D eigenvalue weighted by Crippen LogP contribution is 2.56. The van der Waals surface area contributed by atoms with E-state index in [2.05, 4.69) is 15.0 Å². The van der Waals surface area contributed by atoms with E-state index in [1.54, 1.807) is 31.2 Å². The first-order chi connectivity index (χ1) is 22.3. The zero-order valence-corrected chi connectivity index (χ0v) is 25.1. The van der Waals surface area contributed by atoms with Gasteiger partial charge in [0.1, 0.15) is 11.6 Å². The molecule has 236 valence electrons. The van der Waals surface area contributed by atoms with Gasteiger partial charge in [0, 0.05) is 5.56 Å². The van der Waals surface area contributed by atoms with E-state index < -0.39 is 28.9 Å². The van der Waals surface area contributed by atoms with Gasteiger partial charge in [-0.15, -0.1) is 0 Å². The lowest BCUT2D eigenvalue weighted by Gasteiger charge is -2.38. The van der Waals surface area contributed by atoms with Gasteiger partial charge in [0.05, 0.1) is 22.1 Å². The van der Waals surface area contributed by atoms with Crippen LogP contribution in [0.4, 0.5) is 26.3 Å². The van der Waals surface area contributed by atoms with Crippen molar-refractivity contribution in [2.75, 3.05) is 0 Å². The van der Waals surface area contributed by atoms with Crippen molar-refractivity contribution in [1.29, 1.82) is 0 Å². The molecular formula is C37H26F6N4. The van der Waals surface area contributed by atoms with Gasteiger partial charge in [-0.05, 0) is 71.5 Å². The van der Waals surface area contributed by atoms with Crippen molar-refractivity contribution >= 4 is 22.1 Å². The molecule has 47 heavy (non-hydrogen) atoms. The summed E-state index contributed by atoms with van der Waals surface area (Å²) in [6.45, 7) is 3.51. The van der Waals surface area contributed by atoms with Crippen molar-refractivity contribution in [3.8, 4) is 33.6 Å². The average Bonchev–Trinajstić information content (AvgIpc) is 3.63. The van der Waals surface area contributed by atoms with Crippen LogP contribution in [0, 0.1) is 13.8 Å². The van der Waals surface area contributed by atoms with E-state index >= 15 is 0 Å². The van der Waals surface area contributed by atoms with Crippen LogP contribution in [0.5, 0.6) is 0 Å². The zero-order chi connectivity index (χ0) is 33.1. The molecule has 0 atom stereocenters. The molecular weight excluding hydrogens is 614 g/mol. The Kier molecular flexibility index (Phi) is 7.00. The monoisotopic (exact) mass is 640 g/mol. The highest BCUT2D eigenvalue weighted by atomic mass is 19.4. The molecule has 0 aliphatic carbocycles. The van der Waals surface area contributed by atoms with Crippen LogP contribution in [0.2, 0.25) is 0 Å². The number of hydrogen-bond donors (Lipinski definition) is 2. The number of aryl methyl sites for hydroxylation is 2. The minimum absolute atomic E-state index is 0.473. The third-order valence-corrected chi connectivity index (χ3v) is 8.56. The van der Waals surface area contributed by atoms with E-state index in [0.717, 1.165) is 68.8 Å². The molecule has 0 saturated carbocycles. The lowest BCUT2D eigenvalue weighted by molar-refractivity contribution is -0.288. The normalized spacial score (nSPS) is 12.7. The molecule has 0 amide bonds. The summed E-state index contributed by atoms with van der Waals surface area (Å²) in [7, 11) is 0. The van der Waals surface area contributed by atoms with Gasteiger partial charge in [0.2, 0.25) is 5.41 Å². The topological polar surface area (TPSA) is 57.4 Å². The van der Waals surface area contributed by atoms with Crippen LogP contribution in [-0.4, -0.2) is 32.3 Å². The number of imidazole rings is 2. The van der Waals surface area contributed by atoms with Crippen LogP contribution in [0.1, 0.15) is 22.5 Å². The second-order valence-corrected chi connectivity index (χ2v) is 11.6. The number of alkyl halides is 6. The fourth-order valence-electron chi connectivity index (χ4n) is 6.16. The first-order valence-corrected chi connectivity index (χ1v) is 14.7. The number of halogens is 6. The Balaban J connectivity index is 1.18. The van der Waals surface area contributed by atoms with E-state index in [-0.39, 0.29) is 0 Å². The second-order valence-electron chi connectivity index (χ2n) is 11.6. The molecule has 2 aromatic heterocycles. The van der Waals surface area contributed by atoms with E-state index in [1.165, 1.54) is 24.3 Å². The number of fused-ring (bicyclic) bond motifs is 2. The Morgan fingerprint density at radius 2 is 0.894 bits per heavy atom. The Morgan fingerprint density at radius 3 is 1.43 bits per heavy atom. The lowest BCUT2D eigenvalue weighted by atomic mass is 9.72. The molecule has 0 saturated heterocycles. The third kappa shape index (κ3) is 5.14. The number of benzene rings is 5. The fraction of sp³-hybridized carbons (Fsp3) is 0.135. The summed E-state index contributed by atoms with van der Waals surface area (Å²) < 4.78 is 86.9. The first-order valence-electron chi connectivity index (χ1n) is 14.7. The number of H-pyrrole nitrogens is 2. The Morgan fingerprint density at radius 1 is 0.468 bits per heavy atom. The van der Waals surface area contributed by atoms with Gasteiger partial charge in [-0.2, -0.15) is 26.3 Å². The zero-order valence-electron chi connectivity index (χ0n) is 25.1. The van der Waals surface area contributed by atoms with Gasteiger partial charge in [-0.25, -0.2) is 9.97 Å². The summed E-state index contributed by atoms with van der Waals surface area (Å²) in [5, 5.41) is 0. The van der Waals surface area contributed by atoms with Crippen LogP contribution >= 0.6 is 0 Å². The minimum atomic E-state index is -5.64. The van der Waals surface area contributed by atoms with E-state index in [0.29, 0.717) is 22.5 Å². The predicted molar refractivity (Wildman–Crippen MR) is 171 cm³/mol.